The van der Waals surface area contributed by atoms with Crippen LogP contribution < -0.4 is 0 Å². The fraction of sp³-hybridized carbons (Fsp3) is 0.500. The number of nitro groups is 1. The first-order chi connectivity index (χ1) is 9.50. The molecule has 6 heteroatoms. The molecule has 108 valence electrons. The zero-order valence-electron chi connectivity index (χ0n) is 11.3. The normalized spacial score (nSPS) is 15.9. The van der Waals surface area contributed by atoms with E-state index in [9.17, 15) is 14.9 Å². The van der Waals surface area contributed by atoms with E-state index < -0.39 is 4.92 Å². The van der Waals surface area contributed by atoms with Gasteiger partial charge in [-0.2, -0.15) is 0 Å². The summed E-state index contributed by atoms with van der Waals surface area (Å²) in [7, 11) is 1.77. The van der Waals surface area contributed by atoms with Crippen molar-refractivity contribution >= 4 is 23.2 Å². The van der Waals surface area contributed by atoms with Gasteiger partial charge in [0.1, 0.15) is 0 Å². The lowest BCUT2D eigenvalue weighted by Gasteiger charge is -2.31. The van der Waals surface area contributed by atoms with Crippen LogP contribution in [-0.4, -0.2) is 28.8 Å². The van der Waals surface area contributed by atoms with Gasteiger partial charge in [0, 0.05) is 25.2 Å². The lowest BCUT2D eigenvalue weighted by atomic mass is 9.94. The van der Waals surface area contributed by atoms with Gasteiger partial charge in [-0.05, 0) is 18.9 Å². The zero-order chi connectivity index (χ0) is 14.7. The Morgan fingerprint density at radius 3 is 2.55 bits per heavy atom. The molecule has 1 aliphatic carbocycles. The molecule has 0 aromatic heterocycles. The number of non-ortho nitro benzene ring substituents is 1. The highest BCUT2D eigenvalue weighted by Gasteiger charge is 2.25. The minimum atomic E-state index is -0.523. The second-order valence-electron chi connectivity index (χ2n) is 5.13. The Balaban J connectivity index is 2.17. The SMILES string of the molecule is CN(C(=O)c1ccc([N+](=O)[O-])cc1Cl)C1CCCCC1. The summed E-state index contributed by atoms with van der Waals surface area (Å²) in [5.41, 5.74) is 0.220. The molecule has 1 aliphatic rings. The second-order valence-corrected chi connectivity index (χ2v) is 5.54. The van der Waals surface area contributed by atoms with Crippen LogP contribution in [-0.2, 0) is 0 Å². The first-order valence-electron chi connectivity index (χ1n) is 6.72. The number of hydrogen-bond donors (Lipinski definition) is 0. The summed E-state index contributed by atoms with van der Waals surface area (Å²) >= 11 is 6.00. The van der Waals surface area contributed by atoms with E-state index in [1.807, 2.05) is 0 Å². The van der Waals surface area contributed by atoms with E-state index in [0.29, 0.717) is 5.56 Å². The molecular formula is C14H17ClN2O3. The van der Waals surface area contributed by atoms with E-state index >= 15 is 0 Å². The van der Waals surface area contributed by atoms with Crippen molar-refractivity contribution in [2.75, 3.05) is 7.05 Å². The van der Waals surface area contributed by atoms with Crippen LogP contribution in [0, 0.1) is 10.1 Å². The zero-order valence-corrected chi connectivity index (χ0v) is 12.1. The number of carbonyl (C=O) groups is 1. The summed E-state index contributed by atoms with van der Waals surface area (Å²) in [6.07, 6.45) is 5.50. The minimum Gasteiger partial charge on any atom is -0.339 e. The monoisotopic (exact) mass is 296 g/mol. The van der Waals surface area contributed by atoms with E-state index in [1.165, 1.54) is 24.6 Å². The van der Waals surface area contributed by atoms with E-state index in [1.54, 1.807) is 11.9 Å². The molecule has 1 aromatic rings. The second kappa shape index (κ2) is 6.22. The van der Waals surface area contributed by atoms with Gasteiger partial charge in [0.15, 0.2) is 0 Å². The summed E-state index contributed by atoms with van der Waals surface area (Å²) in [6.45, 7) is 0. The maximum atomic E-state index is 12.4. The van der Waals surface area contributed by atoms with E-state index in [2.05, 4.69) is 0 Å². The van der Waals surface area contributed by atoms with Crippen molar-refractivity contribution in [3.63, 3.8) is 0 Å². The molecule has 2 rings (SSSR count). The number of halogens is 1. The van der Waals surface area contributed by atoms with Crippen molar-refractivity contribution < 1.29 is 9.72 Å². The van der Waals surface area contributed by atoms with Gasteiger partial charge in [-0.3, -0.25) is 14.9 Å². The van der Waals surface area contributed by atoms with Crippen LogP contribution in [0.15, 0.2) is 18.2 Å². The first kappa shape index (κ1) is 14.8. The molecule has 0 atom stereocenters. The van der Waals surface area contributed by atoms with Crippen LogP contribution >= 0.6 is 11.6 Å². The first-order valence-corrected chi connectivity index (χ1v) is 7.09. The molecule has 1 aromatic carbocycles. The number of hydrogen-bond acceptors (Lipinski definition) is 3. The highest BCUT2D eigenvalue weighted by molar-refractivity contribution is 6.34. The van der Waals surface area contributed by atoms with Crippen LogP contribution in [0.4, 0.5) is 5.69 Å². The average molecular weight is 297 g/mol. The summed E-state index contributed by atoms with van der Waals surface area (Å²) in [4.78, 5) is 24.3. The van der Waals surface area contributed by atoms with E-state index in [-0.39, 0.29) is 22.7 Å². The molecule has 0 unspecified atom stereocenters. The highest BCUT2D eigenvalue weighted by atomic mass is 35.5. The molecule has 0 saturated heterocycles. The van der Waals surface area contributed by atoms with Gasteiger partial charge in [0.2, 0.25) is 0 Å². The van der Waals surface area contributed by atoms with Crippen molar-refractivity contribution in [2.45, 2.75) is 38.1 Å². The Bertz CT molecular complexity index is 527. The molecular weight excluding hydrogens is 280 g/mol. The number of carbonyl (C=O) groups excluding carboxylic acids is 1. The quantitative estimate of drug-likeness (QED) is 0.631. The molecule has 0 heterocycles. The summed E-state index contributed by atoms with van der Waals surface area (Å²) in [5, 5.41) is 10.8. The molecule has 1 fully saturated rings. The molecule has 20 heavy (non-hydrogen) atoms. The fourth-order valence-electron chi connectivity index (χ4n) is 2.62. The van der Waals surface area contributed by atoms with Gasteiger partial charge >= 0.3 is 0 Å². The maximum absolute atomic E-state index is 12.4. The van der Waals surface area contributed by atoms with Crippen LogP contribution in [0.3, 0.4) is 0 Å². The van der Waals surface area contributed by atoms with Crippen molar-refractivity contribution in [3.05, 3.63) is 38.9 Å². The Labute approximate surface area is 122 Å². The third-order valence-electron chi connectivity index (χ3n) is 3.84. The van der Waals surface area contributed by atoms with Gasteiger partial charge in [0.25, 0.3) is 11.6 Å². The molecule has 5 nitrogen and oxygen atoms in total. The predicted octanol–water partition coefficient (Wildman–Crippen LogP) is 3.65. The maximum Gasteiger partial charge on any atom is 0.270 e. The summed E-state index contributed by atoms with van der Waals surface area (Å²) in [5.74, 6) is -0.170. The number of nitro benzene ring substituents is 1. The smallest absolute Gasteiger partial charge is 0.270 e. The van der Waals surface area contributed by atoms with E-state index in [4.69, 9.17) is 11.6 Å². The Kier molecular flexibility index (Phi) is 4.60. The molecule has 0 spiro atoms. The topological polar surface area (TPSA) is 63.5 Å². The molecule has 0 bridgehead atoms. The van der Waals surface area contributed by atoms with Gasteiger partial charge in [-0.1, -0.05) is 30.9 Å². The number of rotatable bonds is 3. The lowest BCUT2D eigenvalue weighted by molar-refractivity contribution is -0.384. The number of nitrogens with zero attached hydrogens (tertiary/aromatic N) is 2. The van der Waals surface area contributed by atoms with Crippen LogP contribution in [0.5, 0.6) is 0 Å². The standard InChI is InChI=1S/C14H17ClN2O3/c1-16(10-5-3-2-4-6-10)14(18)12-8-7-11(17(19)20)9-13(12)15/h7-10H,2-6H2,1H3. The molecule has 0 radical (unpaired) electrons. The largest absolute Gasteiger partial charge is 0.339 e. The molecule has 1 saturated carbocycles. The molecule has 0 aliphatic heterocycles. The third-order valence-corrected chi connectivity index (χ3v) is 4.15. The predicted molar refractivity (Wildman–Crippen MR) is 77.1 cm³/mol. The molecule has 1 amide bonds. The van der Waals surface area contributed by atoms with Gasteiger partial charge in [0.05, 0.1) is 15.5 Å². The van der Waals surface area contributed by atoms with Crippen molar-refractivity contribution in [2.24, 2.45) is 0 Å². The minimum absolute atomic E-state index is 0.105. The van der Waals surface area contributed by atoms with Crippen molar-refractivity contribution in [1.82, 2.24) is 4.90 Å². The van der Waals surface area contributed by atoms with Crippen molar-refractivity contribution in [3.8, 4) is 0 Å². The van der Waals surface area contributed by atoms with Crippen LogP contribution in [0.2, 0.25) is 5.02 Å². The average Bonchev–Trinajstić information content (AvgIpc) is 2.46. The lowest BCUT2D eigenvalue weighted by Crippen LogP contribution is -2.38. The number of amides is 1. The summed E-state index contributed by atoms with van der Waals surface area (Å²) in [6, 6.07) is 4.21. The Morgan fingerprint density at radius 1 is 1.35 bits per heavy atom. The molecule has 0 N–H and O–H groups in total. The summed E-state index contributed by atoms with van der Waals surface area (Å²) < 4.78 is 0. The Hall–Kier alpha value is -1.62. The number of benzene rings is 1. The third kappa shape index (κ3) is 3.10. The Morgan fingerprint density at radius 2 is 2.00 bits per heavy atom. The van der Waals surface area contributed by atoms with Gasteiger partial charge < -0.3 is 4.90 Å². The van der Waals surface area contributed by atoms with Crippen LogP contribution in [0.1, 0.15) is 42.5 Å². The highest BCUT2D eigenvalue weighted by Crippen LogP contribution is 2.27. The van der Waals surface area contributed by atoms with Gasteiger partial charge in [-0.25, -0.2) is 0 Å². The van der Waals surface area contributed by atoms with E-state index in [0.717, 1.165) is 25.7 Å². The fourth-order valence-corrected chi connectivity index (χ4v) is 2.87. The van der Waals surface area contributed by atoms with Crippen LogP contribution in [0.25, 0.3) is 0 Å². The van der Waals surface area contributed by atoms with Crippen molar-refractivity contribution in [1.29, 1.82) is 0 Å². The van der Waals surface area contributed by atoms with Gasteiger partial charge in [-0.15, -0.1) is 0 Å².